The molecule has 28 heavy (non-hydrogen) atoms. The Morgan fingerprint density at radius 2 is 1.86 bits per heavy atom. The minimum Gasteiger partial charge on any atom is -0.494 e. The second kappa shape index (κ2) is 11.1. The molecule has 0 N–H and O–H groups in total. The molecule has 0 aromatic heterocycles. The van der Waals surface area contributed by atoms with Gasteiger partial charge in [0, 0.05) is 30.8 Å². The zero-order valence-electron chi connectivity index (χ0n) is 17.5. The number of benzene rings is 1. The minimum absolute atomic E-state index is 0.0181. The Bertz CT molecular complexity index is 650. The van der Waals surface area contributed by atoms with Crippen LogP contribution in [0.1, 0.15) is 56.5 Å². The van der Waals surface area contributed by atoms with Crippen LogP contribution in [0.3, 0.4) is 0 Å². The average molecular weight is 392 g/mol. The summed E-state index contributed by atoms with van der Waals surface area (Å²) in [7, 11) is 0. The molecule has 1 heterocycles. The lowest BCUT2D eigenvalue weighted by Gasteiger charge is -2.31. The van der Waals surface area contributed by atoms with Gasteiger partial charge in [0.1, 0.15) is 5.75 Å². The average Bonchev–Trinajstić information content (AvgIpc) is 2.69. The van der Waals surface area contributed by atoms with Gasteiger partial charge >= 0.3 is 5.97 Å². The predicted octanol–water partition coefficient (Wildman–Crippen LogP) is 3.67. The molecule has 1 saturated heterocycles. The van der Waals surface area contributed by atoms with Gasteiger partial charge in [0.25, 0.3) is 5.91 Å². The smallest absolute Gasteiger partial charge is 0.309 e. The van der Waals surface area contributed by atoms with Gasteiger partial charge < -0.3 is 19.1 Å². The van der Waals surface area contributed by atoms with Crippen molar-refractivity contribution < 1.29 is 23.8 Å². The molecule has 156 valence electrons. The van der Waals surface area contributed by atoms with E-state index in [1.807, 2.05) is 30.9 Å². The fourth-order valence-electron chi connectivity index (χ4n) is 3.29. The maximum atomic E-state index is 12.9. The van der Waals surface area contributed by atoms with E-state index in [9.17, 15) is 9.59 Å². The second-order valence-corrected chi connectivity index (χ2v) is 7.48. The number of hydrogen-bond donors (Lipinski definition) is 0. The highest BCUT2D eigenvalue weighted by atomic mass is 16.5. The molecule has 0 radical (unpaired) electrons. The van der Waals surface area contributed by atoms with E-state index in [1.165, 1.54) is 0 Å². The fourth-order valence-corrected chi connectivity index (χ4v) is 3.29. The van der Waals surface area contributed by atoms with Gasteiger partial charge in [-0.25, -0.2) is 0 Å². The second-order valence-electron chi connectivity index (χ2n) is 7.48. The van der Waals surface area contributed by atoms with Crippen LogP contribution in [0.15, 0.2) is 18.2 Å². The standard InChI is InChI=1S/C22H33NO5/c1-5-27-20-8-7-18(13-19(20)15-26-14-16(3)4)21(24)23-11-9-17(10-12-23)22(25)28-6-2/h7-8,13,16-17H,5-6,9-12,14-15H2,1-4H3. The Labute approximate surface area is 168 Å². The highest BCUT2D eigenvalue weighted by molar-refractivity contribution is 5.94. The van der Waals surface area contributed by atoms with Gasteiger partial charge in [-0.05, 0) is 50.8 Å². The summed E-state index contributed by atoms with van der Waals surface area (Å²) in [6.07, 6.45) is 1.29. The van der Waals surface area contributed by atoms with E-state index in [1.54, 1.807) is 6.07 Å². The third-order valence-electron chi connectivity index (χ3n) is 4.72. The van der Waals surface area contributed by atoms with E-state index in [-0.39, 0.29) is 17.8 Å². The molecule has 1 aromatic rings. The highest BCUT2D eigenvalue weighted by Crippen LogP contribution is 2.25. The first-order valence-electron chi connectivity index (χ1n) is 10.3. The molecule has 1 amide bonds. The molecule has 1 aliphatic heterocycles. The first-order valence-corrected chi connectivity index (χ1v) is 10.3. The number of amides is 1. The van der Waals surface area contributed by atoms with E-state index in [0.29, 0.717) is 63.8 Å². The number of piperidine rings is 1. The largest absolute Gasteiger partial charge is 0.494 e. The van der Waals surface area contributed by atoms with Crippen LogP contribution in [0, 0.1) is 11.8 Å². The summed E-state index contributed by atoms with van der Waals surface area (Å²) >= 11 is 0. The Hall–Kier alpha value is -2.08. The van der Waals surface area contributed by atoms with E-state index in [0.717, 1.165) is 11.3 Å². The lowest BCUT2D eigenvalue weighted by molar-refractivity contribution is -0.149. The number of esters is 1. The molecule has 0 bridgehead atoms. The van der Waals surface area contributed by atoms with E-state index in [4.69, 9.17) is 14.2 Å². The Morgan fingerprint density at radius 1 is 1.14 bits per heavy atom. The molecule has 0 unspecified atom stereocenters. The van der Waals surface area contributed by atoms with Crippen molar-refractivity contribution in [3.63, 3.8) is 0 Å². The molecule has 0 atom stereocenters. The first-order chi connectivity index (χ1) is 13.5. The van der Waals surface area contributed by atoms with Crippen LogP contribution in [0.2, 0.25) is 0 Å². The number of rotatable bonds is 9. The Balaban J connectivity index is 2.03. The van der Waals surface area contributed by atoms with Crippen LogP contribution in [-0.2, 0) is 20.9 Å². The van der Waals surface area contributed by atoms with Crippen molar-refractivity contribution >= 4 is 11.9 Å². The summed E-state index contributed by atoms with van der Waals surface area (Å²) in [5.74, 6) is 0.921. The third-order valence-corrected chi connectivity index (χ3v) is 4.72. The molecule has 6 nitrogen and oxygen atoms in total. The lowest BCUT2D eigenvalue weighted by Crippen LogP contribution is -2.40. The Kier molecular flexibility index (Phi) is 8.77. The monoisotopic (exact) mass is 391 g/mol. The summed E-state index contributed by atoms with van der Waals surface area (Å²) in [6.45, 7) is 11.1. The number of ether oxygens (including phenoxy) is 3. The summed E-state index contributed by atoms with van der Waals surface area (Å²) in [5.41, 5.74) is 1.51. The van der Waals surface area contributed by atoms with Crippen LogP contribution in [-0.4, -0.2) is 49.7 Å². The fraction of sp³-hybridized carbons (Fsp3) is 0.636. The molecule has 1 aliphatic rings. The SMILES string of the molecule is CCOC(=O)C1CCN(C(=O)c2ccc(OCC)c(COCC(C)C)c2)CC1. The molecular formula is C22H33NO5. The summed E-state index contributed by atoms with van der Waals surface area (Å²) in [4.78, 5) is 26.6. The molecular weight excluding hydrogens is 358 g/mol. The number of carbonyl (C=O) groups excluding carboxylic acids is 2. The molecule has 1 fully saturated rings. The van der Waals surface area contributed by atoms with Crippen LogP contribution < -0.4 is 4.74 Å². The van der Waals surface area contributed by atoms with Crippen molar-refractivity contribution in [1.82, 2.24) is 4.90 Å². The molecule has 6 heteroatoms. The minimum atomic E-state index is -0.153. The van der Waals surface area contributed by atoms with Crippen LogP contribution >= 0.6 is 0 Å². The number of nitrogens with zero attached hydrogens (tertiary/aromatic N) is 1. The zero-order chi connectivity index (χ0) is 20.5. The maximum Gasteiger partial charge on any atom is 0.309 e. The zero-order valence-corrected chi connectivity index (χ0v) is 17.5. The van der Waals surface area contributed by atoms with Gasteiger partial charge in [-0.15, -0.1) is 0 Å². The van der Waals surface area contributed by atoms with Crippen molar-refractivity contribution in [2.75, 3.05) is 32.9 Å². The topological polar surface area (TPSA) is 65.1 Å². The molecule has 1 aromatic carbocycles. The van der Waals surface area contributed by atoms with Crippen LogP contribution in [0.4, 0.5) is 0 Å². The van der Waals surface area contributed by atoms with Crippen LogP contribution in [0.5, 0.6) is 5.75 Å². The van der Waals surface area contributed by atoms with Crippen molar-refractivity contribution in [3.8, 4) is 5.75 Å². The van der Waals surface area contributed by atoms with E-state index < -0.39 is 0 Å². The third kappa shape index (κ3) is 6.23. The van der Waals surface area contributed by atoms with Crippen molar-refractivity contribution in [2.45, 2.75) is 47.1 Å². The van der Waals surface area contributed by atoms with E-state index in [2.05, 4.69) is 13.8 Å². The first kappa shape index (κ1) is 22.2. The van der Waals surface area contributed by atoms with Crippen molar-refractivity contribution in [1.29, 1.82) is 0 Å². The molecule has 2 rings (SSSR count). The molecule has 0 saturated carbocycles. The van der Waals surface area contributed by atoms with Gasteiger partial charge in [0.15, 0.2) is 0 Å². The van der Waals surface area contributed by atoms with Crippen molar-refractivity contribution in [2.24, 2.45) is 11.8 Å². The number of likely N-dealkylation sites (tertiary alicyclic amines) is 1. The van der Waals surface area contributed by atoms with Gasteiger partial charge in [-0.1, -0.05) is 13.8 Å². The number of carbonyl (C=O) groups is 2. The maximum absolute atomic E-state index is 12.9. The van der Waals surface area contributed by atoms with Crippen LogP contribution in [0.25, 0.3) is 0 Å². The van der Waals surface area contributed by atoms with Gasteiger partial charge in [-0.2, -0.15) is 0 Å². The normalized spacial score (nSPS) is 15.0. The quantitative estimate of drug-likeness (QED) is 0.601. The molecule has 0 spiro atoms. The lowest BCUT2D eigenvalue weighted by atomic mass is 9.96. The van der Waals surface area contributed by atoms with Gasteiger partial charge in [0.2, 0.25) is 0 Å². The number of hydrogen-bond acceptors (Lipinski definition) is 5. The summed E-state index contributed by atoms with van der Waals surface area (Å²) < 4.78 is 16.5. The molecule has 0 aliphatic carbocycles. The summed E-state index contributed by atoms with van der Waals surface area (Å²) in [5, 5.41) is 0. The van der Waals surface area contributed by atoms with Crippen molar-refractivity contribution in [3.05, 3.63) is 29.3 Å². The van der Waals surface area contributed by atoms with Gasteiger partial charge in [-0.3, -0.25) is 9.59 Å². The summed E-state index contributed by atoms with van der Waals surface area (Å²) in [6, 6.07) is 5.51. The highest BCUT2D eigenvalue weighted by Gasteiger charge is 2.28. The van der Waals surface area contributed by atoms with E-state index >= 15 is 0 Å². The Morgan fingerprint density at radius 3 is 2.46 bits per heavy atom. The predicted molar refractivity (Wildman–Crippen MR) is 107 cm³/mol. The van der Waals surface area contributed by atoms with Gasteiger partial charge in [0.05, 0.1) is 25.7 Å².